The number of nitrogens with one attached hydrogen (secondary N) is 7. The quantitative estimate of drug-likeness (QED) is 0.0450. The van der Waals surface area contributed by atoms with Gasteiger partial charge in [-0.15, -0.1) is 0 Å². The van der Waals surface area contributed by atoms with Crippen LogP contribution >= 0.6 is 0 Å². The minimum atomic E-state index is -1.20. The lowest BCUT2D eigenvalue weighted by atomic mass is 10.0. The largest absolute Gasteiger partial charge is 0.445 e. The summed E-state index contributed by atoms with van der Waals surface area (Å²) in [5, 5.41) is 18.2. The topological polar surface area (TPSA) is 289 Å². The highest BCUT2D eigenvalue weighted by Gasteiger charge is 2.29. The SMILES string of the molecule is CC(C)CC(NC(=O)C(Cc1ccccc1)NC(=O)CNC(=O)C(CCCCN)NC(=O)CN(C)C(=O)OCc1ccccc1)C(=O)NCC(=O)NCCNC(=O)CN(C)C(=O)OCc1ccccc1. The molecule has 3 aromatic rings. The summed E-state index contributed by atoms with van der Waals surface area (Å²) in [7, 11) is 2.80. The maximum absolute atomic E-state index is 13.9. The van der Waals surface area contributed by atoms with E-state index in [1.165, 1.54) is 14.1 Å². The molecule has 0 radical (unpaired) electrons. The van der Waals surface area contributed by atoms with Crippen LogP contribution in [-0.2, 0) is 62.7 Å². The van der Waals surface area contributed by atoms with Crippen LogP contribution in [-0.4, -0.2) is 141 Å². The predicted octanol–water partition coefficient (Wildman–Crippen LogP) is 0.861. The van der Waals surface area contributed by atoms with Gasteiger partial charge in [0, 0.05) is 33.6 Å². The Labute approximate surface area is 408 Å². The zero-order valence-corrected chi connectivity index (χ0v) is 40.3. The van der Waals surface area contributed by atoms with Crippen molar-refractivity contribution in [1.29, 1.82) is 0 Å². The fourth-order valence-electron chi connectivity index (χ4n) is 6.60. The Balaban J connectivity index is 1.52. The minimum absolute atomic E-state index is 0.00589. The summed E-state index contributed by atoms with van der Waals surface area (Å²) in [6.45, 7) is 2.45. The van der Waals surface area contributed by atoms with Crippen molar-refractivity contribution in [1.82, 2.24) is 47.0 Å². The second kappa shape index (κ2) is 31.5. The van der Waals surface area contributed by atoms with Gasteiger partial charge in [-0.1, -0.05) is 105 Å². The molecule has 3 aromatic carbocycles. The number of nitrogens with zero attached hydrogens (tertiary/aromatic N) is 2. The number of likely N-dealkylation sites (N-methyl/N-ethyl adjacent to an activating group) is 2. The van der Waals surface area contributed by atoms with E-state index in [4.69, 9.17) is 15.2 Å². The summed E-state index contributed by atoms with van der Waals surface area (Å²) >= 11 is 0. The lowest BCUT2D eigenvalue weighted by Gasteiger charge is -2.25. The lowest BCUT2D eigenvalue weighted by Crippen LogP contribution is -2.56. The first kappa shape index (κ1) is 56.8. The molecule has 9 amide bonds. The van der Waals surface area contributed by atoms with E-state index in [0.29, 0.717) is 24.9 Å². The van der Waals surface area contributed by atoms with E-state index in [1.807, 2.05) is 38.1 Å². The summed E-state index contributed by atoms with van der Waals surface area (Å²) in [5.41, 5.74) is 7.90. The van der Waals surface area contributed by atoms with Crippen molar-refractivity contribution in [3.8, 4) is 0 Å². The summed E-state index contributed by atoms with van der Waals surface area (Å²) in [4.78, 5) is 119. The Morgan fingerprint density at radius 1 is 0.514 bits per heavy atom. The minimum Gasteiger partial charge on any atom is -0.445 e. The van der Waals surface area contributed by atoms with Gasteiger partial charge in [-0.05, 0) is 54.8 Å². The fraction of sp³-hybridized carbons (Fsp3) is 0.449. The number of hydrogen-bond donors (Lipinski definition) is 8. The Morgan fingerprint density at radius 3 is 1.49 bits per heavy atom. The molecule has 0 bridgehead atoms. The zero-order valence-electron chi connectivity index (χ0n) is 40.3. The van der Waals surface area contributed by atoms with Crippen molar-refractivity contribution in [3.05, 3.63) is 108 Å². The van der Waals surface area contributed by atoms with Crippen LogP contribution in [0.5, 0.6) is 0 Å². The number of benzene rings is 3. The van der Waals surface area contributed by atoms with Gasteiger partial charge in [-0.25, -0.2) is 9.59 Å². The molecule has 0 aliphatic carbocycles. The van der Waals surface area contributed by atoms with Gasteiger partial charge < -0.3 is 62.2 Å². The van der Waals surface area contributed by atoms with Gasteiger partial charge in [0.15, 0.2) is 0 Å². The van der Waals surface area contributed by atoms with Crippen LogP contribution in [0.25, 0.3) is 0 Å². The third kappa shape index (κ3) is 23.0. The Kier molecular flexibility index (Phi) is 25.5. The second-order valence-electron chi connectivity index (χ2n) is 16.8. The van der Waals surface area contributed by atoms with Crippen LogP contribution in [0.1, 0.15) is 56.2 Å². The fourth-order valence-corrected chi connectivity index (χ4v) is 6.60. The molecule has 0 aromatic heterocycles. The van der Waals surface area contributed by atoms with Gasteiger partial charge >= 0.3 is 12.2 Å². The summed E-state index contributed by atoms with van der Waals surface area (Å²) in [6.07, 6.45) is 0.00199. The number of unbranched alkanes of at least 4 members (excludes halogenated alkanes) is 1. The maximum Gasteiger partial charge on any atom is 0.410 e. The molecule has 0 aliphatic rings. The van der Waals surface area contributed by atoms with E-state index in [1.54, 1.807) is 66.7 Å². The summed E-state index contributed by atoms with van der Waals surface area (Å²) in [6, 6.07) is 23.5. The zero-order chi connectivity index (χ0) is 51.3. The molecule has 0 heterocycles. The van der Waals surface area contributed by atoms with Crippen LogP contribution in [0, 0.1) is 5.92 Å². The van der Waals surface area contributed by atoms with E-state index < -0.39 is 91.3 Å². The van der Waals surface area contributed by atoms with E-state index in [2.05, 4.69) is 37.2 Å². The third-order valence-electron chi connectivity index (χ3n) is 10.3. The van der Waals surface area contributed by atoms with Crippen molar-refractivity contribution in [2.24, 2.45) is 11.7 Å². The van der Waals surface area contributed by atoms with Crippen molar-refractivity contribution in [3.63, 3.8) is 0 Å². The van der Waals surface area contributed by atoms with Crippen LogP contribution < -0.4 is 43.0 Å². The van der Waals surface area contributed by atoms with Crippen molar-refractivity contribution < 1.29 is 52.6 Å². The average molecular weight is 973 g/mol. The Morgan fingerprint density at radius 2 is 0.971 bits per heavy atom. The molecule has 0 fully saturated rings. The normalized spacial score (nSPS) is 11.9. The molecule has 0 saturated heterocycles. The van der Waals surface area contributed by atoms with Crippen molar-refractivity contribution >= 4 is 53.5 Å². The smallest absolute Gasteiger partial charge is 0.410 e. The van der Waals surface area contributed by atoms with E-state index in [0.717, 1.165) is 20.9 Å². The van der Waals surface area contributed by atoms with Gasteiger partial charge in [0.25, 0.3) is 0 Å². The lowest BCUT2D eigenvalue weighted by molar-refractivity contribution is -0.133. The standard InChI is InChI=1S/C49H68N10O11/c1-34(2)26-39(46(65)53-28-41(60)51-24-25-52-43(62)30-58(3)48(67)69-32-36-18-10-6-11-19-36)57-47(66)40(27-35-16-8-5-9-17-35)56-42(61)29-54-45(64)38(22-14-15-23-50)55-44(63)31-59(4)49(68)70-33-37-20-12-7-13-21-37/h5-13,16-21,34,38-40H,14-15,22-33,50H2,1-4H3,(H,51,60)(H,52,62)(H,53,65)(H,54,64)(H,55,63)(H,56,61)(H,57,66). The number of ether oxygens (including phenoxy) is 2. The van der Waals surface area contributed by atoms with Gasteiger partial charge in [-0.2, -0.15) is 0 Å². The molecule has 3 rings (SSSR count). The highest BCUT2D eigenvalue weighted by Crippen LogP contribution is 2.09. The number of amides is 9. The van der Waals surface area contributed by atoms with Crippen LogP contribution in [0.4, 0.5) is 9.59 Å². The molecule has 9 N–H and O–H groups in total. The molecule has 0 spiro atoms. The number of rotatable bonds is 29. The molecule has 0 aliphatic heterocycles. The molecule has 21 nitrogen and oxygen atoms in total. The number of carbonyl (C=O) groups excluding carboxylic acids is 9. The first-order valence-corrected chi connectivity index (χ1v) is 23.1. The van der Waals surface area contributed by atoms with Gasteiger partial charge in [0.2, 0.25) is 41.4 Å². The Hall–Kier alpha value is -7.55. The van der Waals surface area contributed by atoms with Gasteiger partial charge in [-0.3, -0.25) is 33.6 Å². The molecular weight excluding hydrogens is 905 g/mol. The third-order valence-corrected chi connectivity index (χ3v) is 10.3. The number of carbonyl (C=O) groups is 9. The summed E-state index contributed by atoms with van der Waals surface area (Å²) < 4.78 is 10.5. The highest BCUT2D eigenvalue weighted by atomic mass is 16.6. The first-order valence-electron chi connectivity index (χ1n) is 23.1. The second-order valence-corrected chi connectivity index (χ2v) is 16.8. The Bertz CT molecular complexity index is 2150. The number of hydrogen-bond acceptors (Lipinski definition) is 12. The van der Waals surface area contributed by atoms with E-state index >= 15 is 0 Å². The van der Waals surface area contributed by atoms with Gasteiger partial charge in [0.05, 0.1) is 13.1 Å². The predicted molar refractivity (Wildman–Crippen MR) is 259 cm³/mol. The van der Waals surface area contributed by atoms with Gasteiger partial charge in [0.1, 0.15) is 44.4 Å². The molecule has 3 atom stereocenters. The van der Waals surface area contributed by atoms with E-state index in [9.17, 15) is 43.2 Å². The monoisotopic (exact) mass is 973 g/mol. The maximum atomic E-state index is 13.9. The molecule has 21 heteroatoms. The highest BCUT2D eigenvalue weighted by molar-refractivity contribution is 5.95. The van der Waals surface area contributed by atoms with Crippen LogP contribution in [0.15, 0.2) is 91.0 Å². The average Bonchev–Trinajstić information content (AvgIpc) is 3.34. The summed E-state index contributed by atoms with van der Waals surface area (Å²) in [5.74, 6) is -4.53. The first-order chi connectivity index (χ1) is 33.5. The van der Waals surface area contributed by atoms with E-state index in [-0.39, 0.29) is 58.0 Å². The molecule has 3 unspecified atom stereocenters. The van der Waals surface area contributed by atoms with Crippen LogP contribution in [0.2, 0.25) is 0 Å². The molecule has 380 valence electrons. The van der Waals surface area contributed by atoms with Crippen LogP contribution in [0.3, 0.4) is 0 Å². The van der Waals surface area contributed by atoms with Crippen molar-refractivity contribution in [2.75, 3.05) is 59.9 Å². The molecular formula is C49H68N10O11. The number of nitrogens with two attached hydrogens (primary N) is 1. The molecule has 70 heavy (non-hydrogen) atoms. The van der Waals surface area contributed by atoms with Crippen molar-refractivity contribution in [2.45, 2.75) is 77.3 Å². The molecule has 0 saturated carbocycles.